The molecule has 0 radical (unpaired) electrons. The number of para-hydroxylation sites is 2. The zero-order valence-electron chi connectivity index (χ0n) is 31.3. The van der Waals surface area contributed by atoms with Crippen LogP contribution in [0.2, 0.25) is 0 Å². The van der Waals surface area contributed by atoms with Crippen LogP contribution in [-0.2, 0) is 0 Å². The number of benzene rings is 9. The lowest BCUT2D eigenvalue weighted by molar-refractivity contribution is 1.18. The van der Waals surface area contributed by atoms with Gasteiger partial charge in [-0.05, 0) is 101 Å². The van der Waals surface area contributed by atoms with Crippen molar-refractivity contribution in [2.24, 2.45) is 0 Å². The number of hydrogen-bond acceptors (Lipinski definition) is 3. The second-order valence-corrected chi connectivity index (χ2v) is 17.1. The van der Waals surface area contributed by atoms with Gasteiger partial charge in [0.15, 0.2) is 0 Å². The maximum Gasteiger partial charge on any atom is 0.0561 e. The Morgan fingerprint density at radius 2 is 0.724 bits per heavy atom. The molecule has 0 saturated carbocycles. The Kier molecular flexibility index (Phi) is 7.62. The summed E-state index contributed by atoms with van der Waals surface area (Å²) in [5, 5.41) is 7.79. The summed E-state index contributed by atoms with van der Waals surface area (Å²) in [7, 11) is 0. The number of rotatable bonds is 6. The van der Waals surface area contributed by atoms with Crippen LogP contribution < -0.4 is 4.90 Å². The second kappa shape index (κ2) is 13.3. The third-order valence-corrected chi connectivity index (χ3v) is 13.9. The van der Waals surface area contributed by atoms with Crippen molar-refractivity contribution in [3.05, 3.63) is 206 Å². The molecule has 12 aromatic rings. The molecule has 272 valence electrons. The van der Waals surface area contributed by atoms with Crippen molar-refractivity contribution in [1.29, 1.82) is 0 Å². The van der Waals surface area contributed by atoms with Crippen LogP contribution in [-0.4, -0.2) is 4.57 Å². The molecule has 0 fully saturated rings. The molecule has 0 aliphatic heterocycles. The van der Waals surface area contributed by atoms with Gasteiger partial charge >= 0.3 is 0 Å². The Hall–Kier alpha value is -6.98. The van der Waals surface area contributed by atoms with Crippen molar-refractivity contribution < 1.29 is 0 Å². The first-order chi connectivity index (χ1) is 28.7. The number of hydrogen-bond donors (Lipinski definition) is 0. The molecule has 12 rings (SSSR count). The molecule has 0 aliphatic carbocycles. The fourth-order valence-corrected chi connectivity index (χ4v) is 11.1. The van der Waals surface area contributed by atoms with Gasteiger partial charge in [-0.2, -0.15) is 0 Å². The van der Waals surface area contributed by atoms with E-state index in [0.29, 0.717) is 0 Å². The van der Waals surface area contributed by atoms with Crippen LogP contribution >= 0.6 is 22.7 Å². The maximum atomic E-state index is 2.40. The Morgan fingerprint density at radius 1 is 0.293 bits per heavy atom. The van der Waals surface area contributed by atoms with Gasteiger partial charge in [0.2, 0.25) is 0 Å². The number of aromatic nitrogens is 1. The van der Waals surface area contributed by atoms with Crippen molar-refractivity contribution in [3.8, 4) is 27.9 Å². The molecule has 9 aromatic carbocycles. The summed E-state index contributed by atoms with van der Waals surface area (Å²) < 4.78 is 7.69. The number of anilines is 3. The van der Waals surface area contributed by atoms with E-state index < -0.39 is 0 Å². The summed E-state index contributed by atoms with van der Waals surface area (Å²) in [5.74, 6) is 0. The second-order valence-electron chi connectivity index (χ2n) is 14.9. The fourth-order valence-electron chi connectivity index (χ4n) is 8.82. The van der Waals surface area contributed by atoms with E-state index in [2.05, 4.69) is 216 Å². The Morgan fingerprint density at radius 3 is 1.31 bits per heavy atom. The lowest BCUT2D eigenvalue weighted by Gasteiger charge is -2.26. The van der Waals surface area contributed by atoms with E-state index in [1.807, 2.05) is 22.7 Å². The molecule has 58 heavy (non-hydrogen) atoms. The van der Waals surface area contributed by atoms with Crippen molar-refractivity contribution >= 4 is 102 Å². The van der Waals surface area contributed by atoms with E-state index in [9.17, 15) is 0 Å². The summed E-state index contributed by atoms with van der Waals surface area (Å²) in [6, 6.07) is 75.7. The van der Waals surface area contributed by atoms with E-state index >= 15 is 0 Å². The standard InChI is InChI=1S/C54H34N2S2/c1-2-10-39(11-3-1)56-49-15-7-4-12-43(49)44-31-28-42(34-50(44)56)55(40-24-18-35(19-25-40)37-22-29-47-45-13-5-8-16-51(45)57-53(47)32-37)41-26-20-36(21-27-41)38-23-30-48-46-14-6-9-17-52(46)58-54(48)33-38/h1-34H. The van der Waals surface area contributed by atoms with Gasteiger partial charge in [-0.25, -0.2) is 0 Å². The summed E-state index contributed by atoms with van der Waals surface area (Å²) in [6.07, 6.45) is 0. The highest BCUT2D eigenvalue weighted by atomic mass is 32.1. The summed E-state index contributed by atoms with van der Waals surface area (Å²) in [6.45, 7) is 0. The van der Waals surface area contributed by atoms with Gasteiger partial charge in [-0.1, -0.05) is 127 Å². The van der Waals surface area contributed by atoms with Crippen LogP contribution in [0.25, 0.3) is 90.1 Å². The van der Waals surface area contributed by atoms with Gasteiger partial charge < -0.3 is 9.47 Å². The molecule has 3 aromatic heterocycles. The number of thiophene rings is 2. The predicted molar refractivity (Wildman–Crippen MR) is 252 cm³/mol. The number of fused-ring (bicyclic) bond motifs is 9. The summed E-state index contributed by atoms with van der Waals surface area (Å²) in [4.78, 5) is 2.39. The van der Waals surface area contributed by atoms with Crippen molar-refractivity contribution in [3.63, 3.8) is 0 Å². The molecule has 0 aliphatic rings. The fraction of sp³-hybridized carbons (Fsp3) is 0. The van der Waals surface area contributed by atoms with Crippen molar-refractivity contribution in [2.45, 2.75) is 0 Å². The Balaban J connectivity index is 0.983. The first kappa shape index (κ1) is 33.2. The largest absolute Gasteiger partial charge is 0.310 e. The minimum atomic E-state index is 1.10. The van der Waals surface area contributed by atoms with Crippen molar-refractivity contribution in [2.75, 3.05) is 4.90 Å². The SMILES string of the molecule is c1ccc(-n2c3ccccc3c3ccc(N(c4ccc(-c5ccc6c(c5)sc5ccccc56)cc4)c4ccc(-c5ccc6c(c5)sc5ccccc56)cc4)cc32)cc1. The molecule has 0 atom stereocenters. The van der Waals surface area contributed by atoms with Gasteiger partial charge in [-0.15, -0.1) is 22.7 Å². The van der Waals surface area contributed by atoms with Gasteiger partial charge in [0.25, 0.3) is 0 Å². The molecule has 4 heteroatoms. The zero-order chi connectivity index (χ0) is 38.2. The van der Waals surface area contributed by atoms with E-state index in [4.69, 9.17) is 0 Å². The van der Waals surface area contributed by atoms with Crippen LogP contribution in [0.1, 0.15) is 0 Å². The molecule has 0 saturated heterocycles. The van der Waals surface area contributed by atoms with E-state index in [1.54, 1.807) is 0 Å². The molecule has 2 nitrogen and oxygen atoms in total. The molecule has 0 spiro atoms. The quantitative estimate of drug-likeness (QED) is 0.163. The van der Waals surface area contributed by atoms with Crippen LogP contribution in [0.3, 0.4) is 0 Å². The van der Waals surface area contributed by atoms with Gasteiger partial charge in [0, 0.05) is 73.9 Å². The molecule has 0 amide bonds. The first-order valence-electron chi connectivity index (χ1n) is 19.7. The molecule has 0 bridgehead atoms. The normalized spacial score (nSPS) is 11.8. The van der Waals surface area contributed by atoms with Gasteiger partial charge in [0.1, 0.15) is 0 Å². The number of nitrogens with zero attached hydrogens (tertiary/aromatic N) is 2. The molecule has 0 N–H and O–H groups in total. The third kappa shape index (κ3) is 5.37. The van der Waals surface area contributed by atoms with Crippen LogP contribution in [0.15, 0.2) is 206 Å². The van der Waals surface area contributed by atoms with Crippen molar-refractivity contribution in [1.82, 2.24) is 4.57 Å². The highest BCUT2D eigenvalue weighted by Crippen LogP contribution is 2.42. The smallest absolute Gasteiger partial charge is 0.0561 e. The third-order valence-electron chi connectivity index (χ3n) is 11.6. The average Bonchev–Trinajstić information content (AvgIpc) is 3.96. The minimum Gasteiger partial charge on any atom is -0.310 e. The zero-order valence-corrected chi connectivity index (χ0v) is 33.0. The summed E-state index contributed by atoms with van der Waals surface area (Å²) in [5.41, 5.74) is 11.7. The van der Waals surface area contributed by atoms with Gasteiger partial charge in [0.05, 0.1) is 11.0 Å². The molecule has 3 heterocycles. The van der Waals surface area contributed by atoms with E-state index in [-0.39, 0.29) is 0 Å². The average molecular weight is 775 g/mol. The molecule has 0 unspecified atom stereocenters. The van der Waals surface area contributed by atoms with Crippen LogP contribution in [0.4, 0.5) is 17.1 Å². The topological polar surface area (TPSA) is 8.17 Å². The lowest BCUT2D eigenvalue weighted by Crippen LogP contribution is -2.10. The minimum absolute atomic E-state index is 1.10. The maximum absolute atomic E-state index is 2.40. The highest BCUT2D eigenvalue weighted by Gasteiger charge is 2.18. The molecular formula is C54H34N2S2. The van der Waals surface area contributed by atoms with E-state index in [0.717, 1.165) is 22.7 Å². The summed E-state index contributed by atoms with van der Waals surface area (Å²) >= 11 is 3.73. The lowest BCUT2D eigenvalue weighted by atomic mass is 10.0. The van der Waals surface area contributed by atoms with Crippen LogP contribution in [0.5, 0.6) is 0 Å². The highest BCUT2D eigenvalue weighted by molar-refractivity contribution is 7.26. The Bertz CT molecular complexity index is 3340. The van der Waals surface area contributed by atoms with Gasteiger partial charge in [-0.3, -0.25) is 0 Å². The monoisotopic (exact) mass is 774 g/mol. The molecular weight excluding hydrogens is 741 g/mol. The first-order valence-corrected chi connectivity index (χ1v) is 21.3. The Labute approximate surface area is 343 Å². The predicted octanol–water partition coefficient (Wildman–Crippen LogP) is 16.3. The van der Waals surface area contributed by atoms with Crippen LogP contribution in [0, 0.1) is 0 Å². The van der Waals surface area contributed by atoms with E-state index in [1.165, 1.54) is 84.4 Å².